The summed E-state index contributed by atoms with van der Waals surface area (Å²) >= 11 is 0. The molecule has 1 saturated carbocycles. The zero-order valence-electron chi connectivity index (χ0n) is 16.7. The second-order valence-electron chi connectivity index (χ2n) is 8.76. The van der Waals surface area contributed by atoms with Crippen LogP contribution in [-0.2, 0) is 11.3 Å². The molecule has 28 heavy (non-hydrogen) atoms. The Morgan fingerprint density at radius 1 is 1.25 bits per heavy atom. The third kappa shape index (κ3) is 3.90. The standard InChI is InChI=1S/C22H31FN2O3/c1-28-20-7-6-19(23)12-17(20)13-24-10-8-22(27)9-11-25(15-18(22)14-24)21(26)16-4-2-3-5-16/h6-7,12,16,18,27H,2-5,8-11,13-15H2,1H3/t18-,22-/m0/s1. The predicted octanol–water partition coefficient (Wildman–Crippen LogP) is 2.81. The van der Waals surface area contributed by atoms with Crippen molar-refractivity contribution in [3.05, 3.63) is 29.6 Å². The van der Waals surface area contributed by atoms with Crippen LogP contribution in [0.4, 0.5) is 4.39 Å². The minimum Gasteiger partial charge on any atom is -0.496 e. The fourth-order valence-corrected chi connectivity index (χ4v) is 5.26. The van der Waals surface area contributed by atoms with Gasteiger partial charge in [-0.1, -0.05) is 12.8 Å². The third-order valence-electron chi connectivity index (χ3n) is 7.01. The number of halogens is 1. The Balaban J connectivity index is 1.43. The molecule has 0 aromatic heterocycles. The van der Waals surface area contributed by atoms with Gasteiger partial charge in [0.15, 0.2) is 0 Å². The van der Waals surface area contributed by atoms with Gasteiger partial charge in [0.25, 0.3) is 0 Å². The molecule has 2 aliphatic heterocycles. The number of likely N-dealkylation sites (tertiary alicyclic amines) is 2. The van der Waals surface area contributed by atoms with Crippen molar-refractivity contribution in [1.29, 1.82) is 0 Å². The lowest BCUT2D eigenvalue weighted by molar-refractivity contribution is -0.150. The maximum Gasteiger partial charge on any atom is 0.225 e. The van der Waals surface area contributed by atoms with E-state index in [2.05, 4.69) is 4.90 Å². The average Bonchev–Trinajstić information content (AvgIpc) is 3.22. The van der Waals surface area contributed by atoms with Gasteiger partial charge >= 0.3 is 0 Å². The van der Waals surface area contributed by atoms with E-state index < -0.39 is 5.60 Å². The van der Waals surface area contributed by atoms with Crippen LogP contribution >= 0.6 is 0 Å². The van der Waals surface area contributed by atoms with Gasteiger partial charge in [-0.05, 0) is 43.9 Å². The largest absolute Gasteiger partial charge is 0.496 e. The summed E-state index contributed by atoms with van der Waals surface area (Å²) in [7, 11) is 1.60. The molecule has 5 nitrogen and oxygen atoms in total. The molecule has 0 bridgehead atoms. The summed E-state index contributed by atoms with van der Waals surface area (Å²) < 4.78 is 19.1. The summed E-state index contributed by atoms with van der Waals surface area (Å²) in [6.45, 7) is 3.36. The number of ether oxygens (including phenoxy) is 1. The number of rotatable bonds is 4. The number of carbonyl (C=O) groups is 1. The van der Waals surface area contributed by atoms with Gasteiger partial charge in [-0.2, -0.15) is 0 Å². The van der Waals surface area contributed by atoms with Gasteiger partial charge in [-0.25, -0.2) is 4.39 Å². The monoisotopic (exact) mass is 390 g/mol. The van der Waals surface area contributed by atoms with E-state index in [-0.39, 0.29) is 23.6 Å². The normalized spacial score (nSPS) is 29.0. The number of amides is 1. The first-order chi connectivity index (χ1) is 13.5. The molecule has 1 aliphatic carbocycles. The summed E-state index contributed by atoms with van der Waals surface area (Å²) in [4.78, 5) is 17.1. The fourth-order valence-electron chi connectivity index (χ4n) is 5.26. The summed E-state index contributed by atoms with van der Waals surface area (Å²) in [5, 5.41) is 11.1. The molecule has 2 saturated heterocycles. The second kappa shape index (κ2) is 7.99. The highest BCUT2D eigenvalue weighted by Gasteiger charge is 2.46. The van der Waals surface area contributed by atoms with Crippen LogP contribution in [0, 0.1) is 17.7 Å². The van der Waals surface area contributed by atoms with E-state index in [4.69, 9.17) is 4.74 Å². The molecule has 3 aliphatic rings. The highest BCUT2D eigenvalue weighted by atomic mass is 19.1. The Morgan fingerprint density at radius 3 is 2.75 bits per heavy atom. The molecule has 6 heteroatoms. The van der Waals surface area contributed by atoms with Crippen LogP contribution in [0.25, 0.3) is 0 Å². The van der Waals surface area contributed by atoms with Crippen molar-refractivity contribution in [3.63, 3.8) is 0 Å². The number of carbonyl (C=O) groups excluding carboxylic acids is 1. The van der Waals surface area contributed by atoms with Crippen molar-refractivity contribution in [3.8, 4) is 5.75 Å². The van der Waals surface area contributed by atoms with Gasteiger partial charge in [0, 0.05) is 50.1 Å². The molecule has 4 rings (SSSR count). The summed E-state index contributed by atoms with van der Waals surface area (Å²) in [6.07, 6.45) is 5.68. The van der Waals surface area contributed by atoms with E-state index in [1.807, 2.05) is 4.90 Å². The van der Waals surface area contributed by atoms with Crippen LogP contribution < -0.4 is 4.74 Å². The first kappa shape index (κ1) is 19.6. The minimum absolute atomic E-state index is 0.0416. The van der Waals surface area contributed by atoms with Crippen LogP contribution in [0.15, 0.2) is 18.2 Å². The quantitative estimate of drug-likeness (QED) is 0.859. The molecule has 3 fully saturated rings. The summed E-state index contributed by atoms with van der Waals surface area (Å²) in [5.74, 6) is 0.921. The molecule has 1 amide bonds. The van der Waals surface area contributed by atoms with Gasteiger partial charge in [0.2, 0.25) is 5.91 Å². The van der Waals surface area contributed by atoms with Crippen molar-refractivity contribution < 1.29 is 19.0 Å². The van der Waals surface area contributed by atoms with Crippen LogP contribution in [0.3, 0.4) is 0 Å². The molecule has 1 aromatic rings. The van der Waals surface area contributed by atoms with E-state index in [1.54, 1.807) is 13.2 Å². The zero-order valence-corrected chi connectivity index (χ0v) is 16.7. The first-order valence-electron chi connectivity index (χ1n) is 10.5. The van der Waals surface area contributed by atoms with Gasteiger partial charge in [-0.3, -0.25) is 9.69 Å². The van der Waals surface area contributed by atoms with Crippen molar-refractivity contribution in [2.75, 3.05) is 33.3 Å². The number of methoxy groups -OCH3 is 1. The Hall–Kier alpha value is -1.66. The van der Waals surface area contributed by atoms with Crippen molar-refractivity contribution in [1.82, 2.24) is 9.80 Å². The first-order valence-corrected chi connectivity index (χ1v) is 10.5. The molecule has 1 aromatic carbocycles. The molecule has 0 spiro atoms. The fraction of sp³-hybridized carbons (Fsp3) is 0.682. The Kier molecular flexibility index (Phi) is 5.61. The number of hydrogen-bond donors (Lipinski definition) is 1. The number of nitrogens with zero attached hydrogens (tertiary/aromatic N) is 2. The summed E-state index contributed by atoms with van der Waals surface area (Å²) in [5.41, 5.74) is 0.136. The van der Waals surface area contributed by atoms with Crippen molar-refractivity contribution in [2.45, 2.75) is 50.7 Å². The number of piperidine rings is 2. The van der Waals surface area contributed by atoms with E-state index >= 15 is 0 Å². The van der Waals surface area contributed by atoms with Gasteiger partial charge in [0.05, 0.1) is 12.7 Å². The third-order valence-corrected chi connectivity index (χ3v) is 7.01. The van der Waals surface area contributed by atoms with Gasteiger partial charge < -0.3 is 14.7 Å². The highest BCUT2D eigenvalue weighted by molar-refractivity contribution is 5.79. The zero-order chi connectivity index (χ0) is 19.7. The molecular weight excluding hydrogens is 359 g/mol. The Morgan fingerprint density at radius 2 is 2.00 bits per heavy atom. The van der Waals surface area contributed by atoms with Crippen molar-refractivity contribution in [2.24, 2.45) is 11.8 Å². The second-order valence-corrected chi connectivity index (χ2v) is 8.76. The topological polar surface area (TPSA) is 53.0 Å². The lowest BCUT2D eigenvalue weighted by Crippen LogP contribution is -2.60. The molecule has 0 radical (unpaired) electrons. The molecule has 2 atom stereocenters. The van der Waals surface area contributed by atoms with Crippen LogP contribution in [0.2, 0.25) is 0 Å². The number of fused-ring (bicyclic) bond motifs is 1. The number of benzene rings is 1. The molecular formula is C22H31FN2O3. The Labute approximate surface area is 166 Å². The molecule has 0 unspecified atom stereocenters. The molecule has 1 N–H and O–H groups in total. The lowest BCUT2D eigenvalue weighted by atomic mass is 9.75. The van der Waals surface area contributed by atoms with E-state index in [0.29, 0.717) is 44.8 Å². The lowest BCUT2D eigenvalue weighted by Gasteiger charge is -2.50. The number of aliphatic hydroxyl groups is 1. The van der Waals surface area contributed by atoms with Crippen LogP contribution in [0.1, 0.15) is 44.1 Å². The molecule has 2 heterocycles. The van der Waals surface area contributed by atoms with Gasteiger partial charge in [-0.15, -0.1) is 0 Å². The smallest absolute Gasteiger partial charge is 0.225 e. The van der Waals surface area contributed by atoms with Crippen molar-refractivity contribution >= 4 is 5.91 Å². The highest BCUT2D eigenvalue weighted by Crippen LogP contribution is 2.38. The van der Waals surface area contributed by atoms with Gasteiger partial charge in [0.1, 0.15) is 11.6 Å². The SMILES string of the molecule is COc1ccc(F)cc1CN1CC[C@]2(O)CCN(C(=O)C3CCCC3)C[C@@H]2C1. The maximum absolute atomic E-state index is 13.7. The maximum atomic E-state index is 13.7. The van der Waals surface area contributed by atoms with Crippen LogP contribution in [-0.4, -0.2) is 59.7 Å². The minimum atomic E-state index is -0.686. The van der Waals surface area contributed by atoms with E-state index in [1.165, 1.54) is 12.1 Å². The average molecular weight is 390 g/mol. The molecule has 154 valence electrons. The summed E-state index contributed by atoms with van der Waals surface area (Å²) in [6, 6.07) is 4.59. The van der Waals surface area contributed by atoms with E-state index in [0.717, 1.165) is 37.8 Å². The Bertz CT molecular complexity index is 722. The van der Waals surface area contributed by atoms with E-state index in [9.17, 15) is 14.3 Å². The predicted molar refractivity (Wildman–Crippen MR) is 104 cm³/mol. The number of hydrogen-bond acceptors (Lipinski definition) is 4. The van der Waals surface area contributed by atoms with Crippen LogP contribution in [0.5, 0.6) is 5.75 Å².